The molecule has 1 rings (SSSR count). The predicted molar refractivity (Wildman–Crippen MR) is 62.5 cm³/mol. The minimum atomic E-state index is -1.56. The number of hydrogen-bond acceptors (Lipinski definition) is 3. The van der Waals surface area contributed by atoms with E-state index in [9.17, 15) is 14.4 Å². The summed E-state index contributed by atoms with van der Waals surface area (Å²) in [5, 5.41) is 27.0. The number of carboxylic acid groups (broad SMARTS) is 3. The van der Waals surface area contributed by atoms with Gasteiger partial charge in [-0.15, -0.1) is 0 Å². The molecule has 98 valence electrons. The summed E-state index contributed by atoms with van der Waals surface area (Å²) in [6, 6.07) is 2.46. The Bertz CT molecular complexity index is 541. The zero-order valence-electron chi connectivity index (χ0n) is 11.8. The number of carbonyl (C=O) groups is 3. The third-order valence-corrected chi connectivity index (χ3v) is 2.52. The smallest absolute Gasteiger partial charge is 1.00 e. The van der Waals surface area contributed by atoms with Gasteiger partial charge in [-0.1, -0.05) is 19.9 Å². The Balaban J connectivity index is 0. The molecule has 0 aliphatic rings. The third-order valence-electron chi connectivity index (χ3n) is 2.52. The standard InChI is InChI=1S/C12H12O6.Na.H/c1-5(2)6-3-4-7(10(13)14)9(12(17)18)8(6)11(15)16;;/h3-5H,1-2H3,(H,13,14)(H,15,16)(H,17,18);;/q;+1;-1. The summed E-state index contributed by atoms with van der Waals surface area (Å²) in [5.41, 5.74) is -1.37. The fraction of sp³-hybridized carbons (Fsp3) is 0.250. The van der Waals surface area contributed by atoms with Crippen molar-refractivity contribution in [3.05, 3.63) is 34.4 Å². The van der Waals surface area contributed by atoms with E-state index in [1.807, 2.05) is 0 Å². The van der Waals surface area contributed by atoms with Crippen LogP contribution in [0.25, 0.3) is 0 Å². The van der Waals surface area contributed by atoms with Gasteiger partial charge in [-0.25, -0.2) is 14.4 Å². The van der Waals surface area contributed by atoms with Crippen LogP contribution >= 0.6 is 0 Å². The first-order valence-electron chi connectivity index (χ1n) is 5.14. The molecule has 19 heavy (non-hydrogen) atoms. The molecule has 0 unspecified atom stereocenters. The van der Waals surface area contributed by atoms with Gasteiger partial charge in [-0.3, -0.25) is 0 Å². The van der Waals surface area contributed by atoms with Crippen LogP contribution in [0, 0.1) is 0 Å². The van der Waals surface area contributed by atoms with Crippen LogP contribution in [0.5, 0.6) is 0 Å². The second kappa shape index (κ2) is 6.70. The minimum Gasteiger partial charge on any atom is -1.00 e. The average molecular weight is 276 g/mol. The van der Waals surface area contributed by atoms with Crippen molar-refractivity contribution in [2.24, 2.45) is 0 Å². The van der Waals surface area contributed by atoms with E-state index in [1.54, 1.807) is 13.8 Å². The molecule has 7 heteroatoms. The molecule has 0 radical (unpaired) electrons. The van der Waals surface area contributed by atoms with Crippen molar-refractivity contribution in [1.82, 2.24) is 0 Å². The van der Waals surface area contributed by atoms with Crippen molar-refractivity contribution in [2.45, 2.75) is 19.8 Å². The summed E-state index contributed by atoms with van der Waals surface area (Å²) >= 11 is 0. The third kappa shape index (κ3) is 3.56. The van der Waals surface area contributed by atoms with Crippen molar-refractivity contribution in [1.29, 1.82) is 0 Å². The molecule has 0 amide bonds. The maximum Gasteiger partial charge on any atom is 1.00 e. The second-order valence-electron chi connectivity index (χ2n) is 4.02. The summed E-state index contributed by atoms with van der Waals surface area (Å²) in [6.07, 6.45) is 0. The summed E-state index contributed by atoms with van der Waals surface area (Å²) in [5.74, 6) is -4.70. The van der Waals surface area contributed by atoms with E-state index in [0.29, 0.717) is 5.56 Å². The molecular weight excluding hydrogens is 263 g/mol. The molecule has 0 fully saturated rings. The van der Waals surface area contributed by atoms with Gasteiger partial charge in [-0.2, -0.15) is 0 Å². The van der Waals surface area contributed by atoms with Gasteiger partial charge in [0.1, 0.15) is 0 Å². The van der Waals surface area contributed by atoms with E-state index in [1.165, 1.54) is 6.07 Å². The van der Waals surface area contributed by atoms with E-state index < -0.39 is 34.6 Å². The predicted octanol–water partition coefficient (Wildman–Crippen LogP) is -0.979. The molecule has 0 aliphatic heterocycles. The topological polar surface area (TPSA) is 112 Å². The first kappa shape index (κ1) is 17.6. The normalized spacial score (nSPS) is 9.84. The number of aromatic carboxylic acids is 3. The van der Waals surface area contributed by atoms with Gasteiger partial charge in [0.05, 0.1) is 16.7 Å². The van der Waals surface area contributed by atoms with E-state index >= 15 is 0 Å². The summed E-state index contributed by atoms with van der Waals surface area (Å²) < 4.78 is 0. The number of carboxylic acids is 3. The Kier molecular flexibility index (Phi) is 6.21. The Morgan fingerprint density at radius 3 is 1.74 bits per heavy atom. The van der Waals surface area contributed by atoms with Crippen molar-refractivity contribution in [3.8, 4) is 0 Å². The Morgan fingerprint density at radius 1 is 0.947 bits per heavy atom. The van der Waals surface area contributed by atoms with Crippen LogP contribution < -0.4 is 29.6 Å². The summed E-state index contributed by atoms with van der Waals surface area (Å²) in [4.78, 5) is 33.2. The van der Waals surface area contributed by atoms with Crippen LogP contribution in [0.3, 0.4) is 0 Å². The van der Waals surface area contributed by atoms with Gasteiger partial charge in [0.2, 0.25) is 0 Å². The minimum absolute atomic E-state index is 0. The van der Waals surface area contributed by atoms with Crippen LogP contribution in [0.4, 0.5) is 0 Å². The SMILES string of the molecule is CC(C)c1ccc(C(=O)O)c(C(=O)O)c1C(=O)O.[H-].[Na+]. The molecule has 0 aromatic heterocycles. The van der Waals surface area contributed by atoms with Crippen molar-refractivity contribution < 1.29 is 60.7 Å². The number of benzene rings is 1. The molecule has 1 aromatic carbocycles. The second-order valence-corrected chi connectivity index (χ2v) is 4.02. The van der Waals surface area contributed by atoms with Gasteiger partial charge in [0, 0.05) is 0 Å². The van der Waals surface area contributed by atoms with Crippen LogP contribution in [0.15, 0.2) is 12.1 Å². The first-order chi connectivity index (χ1) is 8.27. The summed E-state index contributed by atoms with van der Waals surface area (Å²) in [6.45, 7) is 3.40. The molecule has 0 saturated heterocycles. The molecule has 0 aliphatic carbocycles. The maximum atomic E-state index is 11.2. The van der Waals surface area contributed by atoms with Crippen LogP contribution in [-0.4, -0.2) is 33.2 Å². The molecule has 0 saturated carbocycles. The molecule has 0 atom stereocenters. The maximum absolute atomic E-state index is 11.2. The van der Waals surface area contributed by atoms with Gasteiger partial charge in [0.25, 0.3) is 0 Å². The Morgan fingerprint density at radius 2 is 1.42 bits per heavy atom. The fourth-order valence-corrected chi connectivity index (χ4v) is 1.73. The van der Waals surface area contributed by atoms with Gasteiger partial charge < -0.3 is 16.7 Å². The first-order valence-corrected chi connectivity index (χ1v) is 5.14. The quantitative estimate of drug-likeness (QED) is 0.609. The number of hydrogen-bond donors (Lipinski definition) is 3. The molecule has 0 spiro atoms. The van der Waals surface area contributed by atoms with Crippen LogP contribution in [-0.2, 0) is 0 Å². The zero-order valence-corrected chi connectivity index (χ0v) is 12.8. The molecule has 3 N–H and O–H groups in total. The monoisotopic (exact) mass is 276 g/mol. The molecule has 1 aromatic rings. The molecule has 0 heterocycles. The fourth-order valence-electron chi connectivity index (χ4n) is 1.73. The van der Waals surface area contributed by atoms with Crippen molar-refractivity contribution >= 4 is 17.9 Å². The van der Waals surface area contributed by atoms with Crippen molar-refractivity contribution in [2.75, 3.05) is 0 Å². The Labute approximate surface area is 132 Å². The number of rotatable bonds is 4. The summed E-state index contributed by atoms with van der Waals surface area (Å²) in [7, 11) is 0. The molecule has 0 bridgehead atoms. The Hall–Kier alpha value is -1.37. The van der Waals surface area contributed by atoms with E-state index in [4.69, 9.17) is 15.3 Å². The van der Waals surface area contributed by atoms with Crippen molar-refractivity contribution in [3.63, 3.8) is 0 Å². The van der Waals surface area contributed by atoms with E-state index in [2.05, 4.69) is 0 Å². The zero-order chi connectivity index (χ0) is 14.0. The van der Waals surface area contributed by atoms with E-state index in [-0.39, 0.29) is 36.9 Å². The largest absolute Gasteiger partial charge is 1.00 e. The van der Waals surface area contributed by atoms with Gasteiger partial charge in [-0.05, 0) is 17.5 Å². The average Bonchev–Trinajstić information content (AvgIpc) is 2.26. The van der Waals surface area contributed by atoms with Crippen LogP contribution in [0.1, 0.15) is 57.8 Å². The van der Waals surface area contributed by atoms with Crippen LogP contribution in [0.2, 0.25) is 0 Å². The van der Waals surface area contributed by atoms with E-state index in [0.717, 1.165) is 6.07 Å². The molecule has 6 nitrogen and oxygen atoms in total. The van der Waals surface area contributed by atoms with Gasteiger partial charge in [0.15, 0.2) is 0 Å². The molecular formula is C12H13NaO6. The van der Waals surface area contributed by atoms with Gasteiger partial charge >= 0.3 is 47.5 Å².